The van der Waals surface area contributed by atoms with Crippen molar-refractivity contribution in [1.29, 1.82) is 5.41 Å². The van der Waals surface area contributed by atoms with Crippen molar-refractivity contribution in [3.05, 3.63) is 81.5 Å². The Morgan fingerprint density at radius 2 is 2.03 bits per heavy atom. The molecule has 0 saturated heterocycles. The van der Waals surface area contributed by atoms with Crippen LogP contribution in [0.25, 0.3) is 21.0 Å². The molecule has 1 aliphatic carbocycles. The lowest BCUT2D eigenvalue weighted by atomic mass is 10.0. The van der Waals surface area contributed by atoms with Crippen LogP contribution < -0.4 is 21.9 Å². The van der Waals surface area contributed by atoms with E-state index in [9.17, 15) is 9.59 Å². The second kappa shape index (κ2) is 9.59. The number of nitrogens with one attached hydrogen (secondary N) is 3. The summed E-state index contributed by atoms with van der Waals surface area (Å²) >= 11 is 1.33. The number of nitrogens with zero attached hydrogens (tertiary/aromatic N) is 4. The van der Waals surface area contributed by atoms with Gasteiger partial charge in [-0.1, -0.05) is 35.6 Å². The van der Waals surface area contributed by atoms with Crippen molar-refractivity contribution >= 4 is 60.7 Å². The fourth-order valence-electron chi connectivity index (χ4n) is 4.85. The van der Waals surface area contributed by atoms with E-state index >= 15 is 0 Å². The third kappa shape index (κ3) is 4.61. The van der Waals surface area contributed by atoms with Crippen molar-refractivity contribution in [2.75, 3.05) is 16.4 Å². The van der Waals surface area contributed by atoms with Crippen molar-refractivity contribution in [3.63, 3.8) is 0 Å². The number of carbonyl (C=O) groups is 1. The Morgan fingerprint density at radius 3 is 2.79 bits per heavy atom. The molecule has 1 amide bonds. The number of thiazole rings is 1. The zero-order chi connectivity index (χ0) is 27.3. The number of hydrogen-bond acceptors (Lipinski definition) is 9. The smallest absolute Gasteiger partial charge is 0.259 e. The first-order valence-corrected chi connectivity index (χ1v) is 13.4. The molecule has 0 aliphatic heterocycles. The van der Waals surface area contributed by atoms with E-state index in [0.29, 0.717) is 28.6 Å². The van der Waals surface area contributed by atoms with Gasteiger partial charge in [-0.15, -0.1) is 0 Å². The fourth-order valence-corrected chi connectivity index (χ4v) is 5.81. The third-order valence-electron chi connectivity index (χ3n) is 6.80. The Hall–Kier alpha value is -4.64. The second-order valence-corrected chi connectivity index (χ2v) is 10.7. The lowest BCUT2D eigenvalue weighted by molar-refractivity contribution is -0.114. The molecule has 10 nitrogen and oxygen atoms in total. The zero-order valence-corrected chi connectivity index (χ0v) is 22.2. The quantitative estimate of drug-likeness (QED) is 0.221. The highest BCUT2D eigenvalue weighted by Crippen LogP contribution is 2.36. The van der Waals surface area contributed by atoms with Crippen LogP contribution in [0.2, 0.25) is 0 Å². The summed E-state index contributed by atoms with van der Waals surface area (Å²) in [6.07, 6.45) is 3.31. The van der Waals surface area contributed by atoms with Crippen LogP contribution in [0.3, 0.4) is 0 Å². The monoisotopic (exact) mass is 538 g/mol. The molecule has 5 N–H and O–H groups in total. The first-order chi connectivity index (χ1) is 18.8. The average molecular weight is 539 g/mol. The molecule has 0 unspecified atom stereocenters. The normalized spacial score (nSPS) is 13.1. The summed E-state index contributed by atoms with van der Waals surface area (Å²) in [6.45, 7) is 3.73. The number of anilines is 3. The molecule has 2 aromatic carbocycles. The van der Waals surface area contributed by atoms with Crippen molar-refractivity contribution in [3.8, 4) is 0 Å². The average Bonchev–Trinajstić information content (AvgIpc) is 3.65. The number of fused-ring (bicyclic) bond motifs is 2. The van der Waals surface area contributed by atoms with Crippen LogP contribution in [0, 0.1) is 12.3 Å². The minimum absolute atomic E-state index is 0.0246. The molecule has 1 fully saturated rings. The summed E-state index contributed by atoms with van der Waals surface area (Å²) in [7, 11) is 0. The molecule has 11 heteroatoms. The van der Waals surface area contributed by atoms with E-state index in [1.54, 1.807) is 12.1 Å². The molecule has 3 heterocycles. The largest absolute Gasteiger partial charge is 0.383 e. The maximum absolute atomic E-state index is 13.5. The van der Waals surface area contributed by atoms with Crippen LogP contribution >= 0.6 is 11.3 Å². The first-order valence-electron chi connectivity index (χ1n) is 12.6. The summed E-state index contributed by atoms with van der Waals surface area (Å²) in [5, 5.41) is 17.2. The second-order valence-electron chi connectivity index (χ2n) is 9.67. The van der Waals surface area contributed by atoms with Gasteiger partial charge in [0.25, 0.3) is 5.56 Å². The van der Waals surface area contributed by atoms with Crippen LogP contribution in [0.4, 0.5) is 16.8 Å². The molecule has 1 aliphatic rings. The molecule has 3 aromatic heterocycles. The number of carbonyl (C=O) groups excluding carboxylic acids is 1. The van der Waals surface area contributed by atoms with Crippen LogP contribution in [-0.4, -0.2) is 31.1 Å². The van der Waals surface area contributed by atoms with Crippen molar-refractivity contribution < 1.29 is 4.79 Å². The van der Waals surface area contributed by atoms with Gasteiger partial charge in [-0.25, -0.2) is 15.0 Å². The zero-order valence-electron chi connectivity index (χ0n) is 21.4. The number of amides is 1. The minimum atomic E-state index is -0.194. The predicted molar refractivity (Wildman–Crippen MR) is 155 cm³/mol. The van der Waals surface area contributed by atoms with Gasteiger partial charge in [0.15, 0.2) is 5.13 Å². The number of nitrogen functional groups attached to an aromatic ring is 1. The molecule has 0 atom stereocenters. The highest BCUT2D eigenvalue weighted by atomic mass is 32.1. The van der Waals surface area contributed by atoms with Crippen LogP contribution in [-0.2, 0) is 11.3 Å². The number of rotatable bonds is 7. The molecule has 0 bridgehead atoms. The maximum atomic E-state index is 13.5. The Labute approximate surface area is 227 Å². The van der Waals surface area contributed by atoms with E-state index in [0.717, 1.165) is 45.1 Å². The molecule has 196 valence electrons. The number of pyridine rings is 1. The molecular weight excluding hydrogens is 512 g/mol. The number of aryl methyl sites for hydroxylation is 1. The van der Waals surface area contributed by atoms with Gasteiger partial charge < -0.3 is 20.9 Å². The standard InChI is InChI=1S/C28H26N8O2S/c1-14-4-3-5-16-10-19(36(18-7-8-18)27(38)22(14)16)12-31-26-23(25(30)32-13-33-26)24(29)17-6-9-20-21(11-17)39-28(35-20)34-15(2)37/h3-6,9-11,13,18,29H,7-8,12H2,1-2H3,(H,34,35,37)(H3,30,31,32,33). The Kier molecular flexibility index (Phi) is 6.07. The maximum Gasteiger partial charge on any atom is 0.259 e. The Balaban J connectivity index is 1.34. The van der Waals surface area contributed by atoms with Gasteiger partial charge in [-0.3, -0.25) is 15.0 Å². The summed E-state index contributed by atoms with van der Waals surface area (Å²) < 4.78 is 2.72. The van der Waals surface area contributed by atoms with Gasteiger partial charge >= 0.3 is 0 Å². The van der Waals surface area contributed by atoms with Crippen molar-refractivity contribution in [2.24, 2.45) is 0 Å². The van der Waals surface area contributed by atoms with E-state index < -0.39 is 0 Å². The van der Waals surface area contributed by atoms with Gasteiger partial charge in [-0.05, 0) is 48.9 Å². The van der Waals surface area contributed by atoms with Gasteiger partial charge in [0.1, 0.15) is 18.0 Å². The van der Waals surface area contributed by atoms with Gasteiger partial charge in [-0.2, -0.15) is 0 Å². The first kappa shape index (κ1) is 24.7. The number of benzene rings is 2. The lowest BCUT2D eigenvalue weighted by Crippen LogP contribution is -2.25. The summed E-state index contributed by atoms with van der Waals surface area (Å²) in [5.41, 5.74) is 9.97. The molecule has 0 spiro atoms. The highest BCUT2D eigenvalue weighted by molar-refractivity contribution is 7.22. The number of aromatic nitrogens is 4. The van der Waals surface area contributed by atoms with E-state index in [2.05, 4.69) is 31.7 Å². The highest BCUT2D eigenvalue weighted by Gasteiger charge is 2.28. The molecular formula is C28H26N8O2S. The topological polar surface area (TPSA) is 152 Å². The molecule has 6 rings (SSSR count). The third-order valence-corrected chi connectivity index (χ3v) is 7.74. The number of hydrogen-bond donors (Lipinski definition) is 4. The van der Waals surface area contributed by atoms with Crippen molar-refractivity contribution in [1.82, 2.24) is 19.5 Å². The Bertz CT molecular complexity index is 1850. The summed E-state index contributed by atoms with van der Waals surface area (Å²) in [5.74, 6) is 0.394. The summed E-state index contributed by atoms with van der Waals surface area (Å²) in [6, 6.07) is 13.6. The van der Waals surface area contributed by atoms with Crippen LogP contribution in [0.1, 0.15) is 48.2 Å². The van der Waals surface area contributed by atoms with E-state index in [1.807, 2.05) is 35.8 Å². The van der Waals surface area contributed by atoms with Gasteiger partial charge in [0.05, 0.1) is 33.4 Å². The molecule has 1 saturated carbocycles. The number of nitrogens with two attached hydrogens (primary N) is 1. The lowest BCUT2D eigenvalue weighted by Gasteiger charge is -2.17. The van der Waals surface area contributed by atoms with Gasteiger partial charge in [0.2, 0.25) is 5.91 Å². The SMILES string of the molecule is CC(=O)Nc1nc2ccc(C(=N)c3c(N)ncnc3NCc3cc4cccc(C)c4c(=O)n3C3CC3)cc2s1. The van der Waals surface area contributed by atoms with E-state index in [1.165, 1.54) is 24.6 Å². The summed E-state index contributed by atoms with van der Waals surface area (Å²) in [4.78, 5) is 37.8. The van der Waals surface area contributed by atoms with Crippen LogP contribution in [0.15, 0.2) is 53.6 Å². The molecule has 5 aromatic rings. The predicted octanol–water partition coefficient (Wildman–Crippen LogP) is 4.61. The molecule has 39 heavy (non-hydrogen) atoms. The van der Waals surface area contributed by atoms with Gasteiger partial charge in [0, 0.05) is 24.2 Å². The van der Waals surface area contributed by atoms with E-state index in [-0.39, 0.29) is 29.0 Å². The minimum Gasteiger partial charge on any atom is -0.383 e. The van der Waals surface area contributed by atoms with Crippen LogP contribution in [0.5, 0.6) is 0 Å². The van der Waals surface area contributed by atoms with E-state index in [4.69, 9.17) is 11.1 Å². The van der Waals surface area contributed by atoms with Crippen molar-refractivity contribution in [2.45, 2.75) is 39.3 Å². The Morgan fingerprint density at radius 1 is 1.21 bits per heavy atom. The fraction of sp³-hybridized carbons (Fsp3) is 0.214. The molecule has 0 radical (unpaired) electrons.